The van der Waals surface area contributed by atoms with Gasteiger partial charge in [-0.25, -0.2) is 0 Å². The van der Waals surface area contributed by atoms with Gasteiger partial charge in [-0.1, -0.05) is 6.92 Å². The number of H-pyrrole nitrogens is 1. The maximum atomic E-state index is 12.3. The lowest BCUT2D eigenvalue weighted by Gasteiger charge is -2.51. The number of nitrogens with two attached hydrogens (primary N) is 2. The molecule has 11 nitrogen and oxygen atoms in total. The van der Waals surface area contributed by atoms with E-state index in [1.807, 2.05) is 6.92 Å². The number of nitriles is 1. The van der Waals surface area contributed by atoms with Gasteiger partial charge in [0, 0.05) is 19.8 Å². The number of carbonyl (C=O) groups is 1. The summed E-state index contributed by atoms with van der Waals surface area (Å²) in [6.07, 6.45) is 1.54. The maximum absolute atomic E-state index is 12.3. The summed E-state index contributed by atoms with van der Waals surface area (Å²) in [6.45, 7) is 2.12. The lowest BCUT2D eigenvalue weighted by Crippen LogP contribution is -2.73. The van der Waals surface area contributed by atoms with Gasteiger partial charge >= 0.3 is 0 Å². The van der Waals surface area contributed by atoms with Crippen LogP contribution in [0.4, 0.5) is 11.8 Å². The number of rotatable bonds is 3. The molecular formula is C16H22N8O3. The Balaban J connectivity index is 2.07. The maximum Gasteiger partial charge on any atom is 0.240 e. The summed E-state index contributed by atoms with van der Waals surface area (Å²) in [7, 11) is 1.64. The van der Waals surface area contributed by atoms with Gasteiger partial charge in [0.05, 0.1) is 12.1 Å². The number of likely N-dealkylation sites (tertiary alicyclic amines) is 1. The smallest absolute Gasteiger partial charge is 0.240 e. The predicted molar refractivity (Wildman–Crippen MR) is 97.0 cm³/mol. The molecule has 0 spiro atoms. The third-order valence-electron chi connectivity index (χ3n) is 5.01. The summed E-state index contributed by atoms with van der Waals surface area (Å²) < 4.78 is 0. The van der Waals surface area contributed by atoms with Crippen molar-refractivity contribution in [2.75, 3.05) is 24.2 Å². The fourth-order valence-corrected chi connectivity index (χ4v) is 3.80. The fraction of sp³-hybridized carbons (Fsp3) is 0.500. The molecule has 27 heavy (non-hydrogen) atoms. The predicted octanol–water partition coefficient (Wildman–Crippen LogP) is -0.563. The highest BCUT2D eigenvalue weighted by molar-refractivity contribution is 5.94. The van der Waals surface area contributed by atoms with E-state index < -0.39 is 17.8 Å². The van der Waals surface area contributed by atoms with Crippen molar-refractivity contribution >= 4 is 28.7 Å². The Morgan fingerprint density at radius 2 is 2.30 bits per heavy atom. The number of nitrogen functional groups attached to an aromatic ring is 1. The number of nitrogens with zero attached hydrogens (tertiary/aromatic N) is 5. The van der Waals surface area contributed by atoms with Gasteiger partial charge in [0.1, 0.15) is 29.0 Å². The van der Waals surface area contributed by atoms with Gasteiger partial charge in [-0.05, 0) is 12.3 Å². The molecule has 1 fully saturated rings. The number of piperidine rings is 1. The Morgan fingerprint density at radius 3 is 2.96 bits per heavy atom. The van der Waals surface area contributed by atoms with Crippen molar-refractivity contribution < 1.29 is 15.0 Å². The van der Waals surface area contributed by atoms with Crippen molar-refractivity contribution in [1.82, 2.24) is 19.9 Å². The van der Waals surface area contributed by atoms with E-state index in [9.17, 15) is 15.0 Å². The average molecular weight is 374 g/mol. The molecule has 1 aliphatic heterocycles. The molecule has 1 saturated heterocycles. The topological polar surface area (TPSA) is 181 Å². The molecule has 1 aliphatic rings. The molecule has 0 aromatic carbocycles. The number of anilines is 2. The van der Waals surface area contributed by atoms with Crippen LogP contribution in [-0.4, -0.2) is 61.5 Å². The number of aromatic hydroxyl groups is 1. The van der Waals surface area contributed by atoms with Gasteiger partial charge in [-0.3, -0.25) is 15.4 Å². The minimum Gasteiger partial charge on any atom is -0.506 e. The molecule has 0 bridgehead atoms. The summed E-state index contributed by atoms with van der Waals surface area (Å²) in [6, 6.07) is 1.02. The summed E-state index contributed by atoms with van der Waals surface area (Å²) in [5.41, 5.74) is 12.3. The molecule has 144 valence electrons. The van der Waals surface area contributed by atoms with E-state index in [4.69, 9.17) is 16.7 Å². The highest BCUT2D eigenvalue weighted by atomic mass is 16.3. The number of aliphatic hydroxyl groups is 1. The zero-order valence-corrected chi connectivity index (χ0v) is 15.0. The van der Waals surface area contributed by atoms with Crippen molar-refractivity contribution in [3.63, 3.8) is 0 Å². The third kappa shape index (κ3) is 2.98. The number of hydrogen-bond acceptors (Lipinski definition) is 9. The van der Waals surface area contributed by atoms with E-state index >= 15 is 0 Å². The first kappa shape index (κ1) is 18.7. The van der Waals surface area contributed by atoms with Gasteiger partial charge in [0.15, 0.2) is 0 Å². The van der Waals surface area contributed by atoms with E-state index in [1.165, 1.54) is 6.20 Å². The van der Waals surface area contributed by atoms with Crippen LogP contribution in [0.5, 0.6) is 5.75 Å². The van der Waals surface area contributed by atoms with E-state index in [0.29, 0.717) is 17.5 Å². The van der Waals surface area contributed by atoms with Crippen LogP contribution in [0.1, 0.15) is 19.8 Å². The summed E-state index contributed by atoms with van der Waals surface area (Å²) in [4.78, 5) is 26.0. The SMILES string of the molecule is CC1CCN(C(=O)CC#N)C(N)(O)C1N(C)c1nc(N)nc2[nH]cc(O)c12. The second-order valence-corrected chi connectivity index (χ2v) is 6.79. The Morgan fingerprint density at radius 1 is 1.59 bits per heavy atom. The average Bonchev–Trinajstić information content (AvgIpc) is 2.94. The summed E-state index contributed by atoms with van der Waals surface area (Å²) >= 11 is 0. The van der Waals surface area contributed by atoms with Gasteiger partial charge in [-0.15, -0.1) is 0 Å². The number of aromatic amines is 1. The first-order valence-electron chi connectivity index (χ1n) is 8.43. The van der Waals surface area contributed by atoms with Crippen LogP contribution in [0.15, 0.2) is 6.20 Å². The van der Waals surface area contributed by atoms with Crippen molar-refractivity contribution in [2.24, 2.45) is 11.7 Å². The molecule has 3 unspecified atom stereocenters. The minimum atomic E-state index is -2.04. The van der Waals surface area contributed by atoms with Crippen molar-refractivity contribution in [2.45, 2.75) is 31.7 Å². The molecule has 0 aliphatic carbocycles. The van der Waals surface area contributed by atoms with Gasteiger partial charge in [0.25, 0.3) is 0 Å². The molecule has 0 saturated carbocycles. The van der Waals surface area contributed by atoms with E-state index in [2.05, 4.69) is 15.0 Å². The molecule has 7 N–H and O–H groups in total. The number of fused-ring (bicyclic) bond motifs is 1. The normalized spacial score (nSPS) is 25.4. The number of hydrogen-bond donors (Lipinski definition) is 5. The molecule has 2 aromatic heterocycles. The lowest BCUT2D eigenvalue weighted by atomic mass is 9.87. The summed E-state index contributed by atoms with van der Waals surface area (Å²) in [5.74, 6) is -2.54. The number of likely N-dealkylation sites (N-methyl/N-ethyl adjacent to an activating group) is 1. The first-order valence-corrected chi connectivity index (χ1v) is 8.43. The van der Waals surface area contributed by atoms with Gasteiger partial charge in [0.2, 0.25) is 17.7 Å². The van der Waals surface area contributed by atoms with Crippen LogP contribution in [-0.2, 0) is 4.79 Å². The minimum absolute atomic E-state index is 0.0207. The first-order chi connectivity index (χ1) is 12.7. The Hall–Kier alpha value is -3.10. The van der Waals surface area contributed by atoms with Crippen LogP contribution >= 0.6 is 0 Å². The van der Waals surface area contributed by atoms with Crippen molar-refractivity contribution in [3.05, 3.63) is 6.20 Å². The standard InChI is InChI=1S/C16H22N8O3/c1-8-4-6-24(10(26)3-5-17)16(19,27)12(8)23(2)14-11-9(25)7-20-13(11)21-15(18)22-14/h7-8,12,25,27H,3-4,6,19H2,1-2H3,(H3,18,20,21,22). The van der Waals surface area contributed by atoms with Crippen LogP contribution < -0.4 is 16.4 Å². The molecule has 3 rings (SSSR count). The largest absolute Gasteiger partial charge is 0.506 e. The van der Waals surface area contributed by atoms with Crippen molar-refractivity contribution in [3.8, 4) is 11.8 Å². The molecule has 3 atom stereocenters. The zero-order valence-electron chi connectivity index (χ0n) is 15.0. The highest BCUT2D eigenvalue weighted by Crippen LogP contribution is 2.37. The fourth-order valence-electron chi connectivity index (χ4n) is 3.80. The van der Waals surface area contributed by atoms with Crippen molar-refractivity contribution in [1.29, 1.82) is 5.26 Å². The zero-order chi connectivity index (χ0) is 19.9. The van der Waals surface area contributed by atoms with Gasteiger partial charge < -0.3 is 25.8 Å². The lowest BCUT2D eigenvalue weighted by molar-refractivity contribution is -0.176. The number of aromatic nitrogens is 3. The van der Waals surface area contributed by atoms with Gasteiger partial charge in [-0.2, -0.15) is 15.2 Å². The Kier molecular flexibility index (Phi) is 4.54. The number of nitrogens with one attached hydrogen (secondary N) is 1. The summed E-state index contributed by atoms with van der Waals surface area (Å²) in [5, 5.41) is 30.3. The van der Waals surface area contributed by atoms with Crippen LogP contribution in [0.3, 0.4) is 0 Å². The van der Waals surface area contributed by atoms with Crippen LogP contribution in [0.25, 0.3) is 11.0 Å². The molecule has 11 heteroatoms. The quantitative estimate of drug-likeness (QED) is 0.440. The Labute approximate surface area is 155 Å². The number of amides is 1. The highest BCUT2D eigenvalue weighted by Gasteiger charge is 2.50. The van der Waals surface area contributed by atoms with Crippen LogP contribution in [0.2, 0.25) is 0 Å². The second-order valence-electron chi connectivity index (χ2n) is 6.79. The van der Waals surface area contributed by atoms with Crippen LogP contribution in [0, 0.1) is 17.2 Å². The van der Waals surface area contributed by atoms with E-state index in [0.717, 1.165) is 4.90 Å². The molecule has 3 heterocycles. The third-order valence-corrected chi connectivity index (χ3v) is 5.01. The van der Waals surface area contributed by atoms with E-state index in [-0.39, 0.29) is 36.4 Å². The Bertz CT molecular complexity index is 918. The van der Waals surface area contributed by atoms with E-state index in [1.54, 1.807) is 18.0 Å². The molecule has 0 radical (unpaired) electrons. The monoisotopic (exact) mass is 374 g/mol. The molecule has 1 amide bonds. The molecular weight excluding hydrogens is 352 g/mol. The molecule has 2 aromatic rings. The number of carbonyl (C=O) groups excluding carboxylic acids is 1. The second kappa shape index (κ2) is 6.57.